The lowest BCUT2D eigenvalue weighted by molar-refractivity contribution is -0.0222. The third-order valence-electron chi connectivity index (χ3n) is 8.77. The zero-order valence-electron chi connectivity index (χ0n) is 23.8. The number of nitrogens with one attached hydrogen (secondary N) is 1. The third kappa shape index (κ3) is 5.91. The molecule has 0 unspecified atom stereocenters. The highest BCUT2D eigenvalue weighted by atomic mass is 32.2. The molecule has 6 rings (SSSR count). The molecular weight excluding hydrogens is 566 g/mol. The van der Waals surface area contributed by atoms with E-state index in [1.165, 1.54) is 19.8 Å². The van der Waals surface area contributed by atoms with Crippen LogP contribution < -0.4 is 14.5 Å². The van der Waals surface area contributed by atoms with Crippen molar-refractivity contribution in [3.8, 4) is 17.1 Å². The molecule has 226 valence electrons. The molecule has 2 aliphatic heterocycles. The Kier molecular flexibility index (Phi) is 7.32. The highest BCUT2D eigenvalue weighted by molar-refractivity contribution is 7.93. The van der Waals surface area contributed by atoms with Gasteiger partial charge in [0.1, 0.15) is 10.9 Å². The van der Waals surface area contributed by atoms with Crippen molar-refractivity contribution in [3.05, 3.63) is 36.2 Å². The summed E-state index contributed by atoms with van der Waals surface area (Å²) in [4.78, 5) is 13.2. The van der Waals surface area contributed by atoms with E-state index in [9.17, 15) is 22.3 Å². The summed E-state index contributed by atoms with van der Waals surface area (Å²) in [5, 5.41) is 17.2. The molecule has 1 saturated carbocycles. The normalized spacial score (nSPS) is 20.5. The van der Waals surface area contributed by atoms with Crippen LogP contribution in [0.5, 0.6) is 0 Å². The van der Waals surface area contributed by atoms with Crippen molar-refractivity contribution in [1.82, 2.24) is 25.0 Å². The number of piperidine rings is 2. The molecule has 4 heterocycles. The number of rotatable bonds is 8. The van der Waals surface area contributed by atoms with Crippen LogP contribution in [-0.4, -0.2) is 82.4 Å². The van der Waals surface area contributed by atoms with E-state index in [0.717, 1.165) is 37.3 Å². The molecule has 14 heteroatoms. The number of anilines is 3. The Bertz CT molecular complexity index is 1560. The maximum atomic E-state index is 13.7. The number of aliphatic hydroxyl groups is 1. The number of hydrogen-bond acceptors (Lipinski definition) is 9. The first-order valence-corrected chi connectivity index (χ1v) is 15.9. The molecule has 0 amide bonds. The van der Waals surface area contributed by atoms with Crippen LogP contribution in [0, 0.1) is 12.3 Å². The van der Waals surface area contributed by atoms with Gasteiger partial charge in [0.15, 0.2) is 0 Å². The lowest BCUT2D eigenvalue weighted by Crippen LogP contribution is -2.40. The molecule has 3 aliphatic rings. The summed E-state index contributed by atoms with van der Waals surface area (Å²) in [5.74, 6) is -2.27. The van der Waals surface area contributed by atoms with E-state index in [1.54, 1.807) is 34.0 Å². The number of halogens is 2. The maximum Gasteiger partial charge on any atom is 0.251 e. The molecule has 2 N–H and O–H groups in total. The fourth-order valence-corrected chi connectivity index (χ4v) is 6.51. The van der Waals surface area contributed by atoms with E-state index >= 15 is 0 Å². The van der Waals surface area contributed by atoms with E-state index in [4.69, 9.17) is 0 Å². The maximum absolute atomic E-state index is 13.7. The monoisotopic (exact) mass is 602 g/mol. The third-order valence-corrected chi connectivity index (χ3v) is 10.5. The lowest BCUT2D eigenvalue weighted by atomic mass is 9.93. The molecule has 0 bridgehead atoms. The Morgan fingerprint density at radius 1 is 0.952 bits per heavy atom. The summed E-state index contributed by atoms with van der Waals surface area (Å²) in [6, 6.07) is 7.08. The molecule has 1 spiro atoms. The van der Waals surface area contributed by atoms with Crippen LogP contribution in [0.4, 0.5) is 26.1 Å². The average molecular weight is 603 g/mol. The minimum Gasteiger partial charge on any atom is -0.395 e. The van der Waals surface area contributed by atoms with Crippen LogP contribution in [-0.2, 0) is 10.0 Å². The fraction of sp³-hybridized carbons (Fsp3) is 0.571. The predicted octanol–water partition coefficient (Wildman–Crippen LogP) is 3.77. The van der Waals surface area contributed by atoms with E-state index in [1.807, 2.05) is 13.0 Å². The zero-order chi connectivity index (χ0) is 29.7. The number of aryl methyl sites for hydroxylation is 1. The quantitative estimate of drug-likeness (QED) is 0.396. The number of aliphatic hydroxyl groups excluding tert-OH is 1. The average Bonchev–Trinajstić information content (AvgIpc) is 3.52. The van der Waals surface area contributed by atoms with Crippen LogP contribution >= 0.6 is 0 Å². The van der Waals surface area contributed by atoms with E-state index in [0.29, 0.717) is 34.1 Å². The molecule has 0 radical (unpaired) electrons. The van der Waals surface area contributed by atoms with Gasteiger partial charge in [-0.1, -0.05) is 5.21 Å². The standard InChI is InChI=1S/C28H36F2N8O3S/c1-19-15-22(32-26(31-19)37-13-9-28(29,30)10-14-37)23-17-38(35-33-23)24-4-3-21(34-42(40,41)20(2)18-39)16-25(24)36-11-7-27(5-6-27)8-12-36/h3-4,15-17,20,34,39H,5-14,18H2,1-2H3/t20-/m1/s1. The Balaban J connectivity index is 1.31. The van der Waals surface area contributed by atoms with Crippen LogP contribution in [0.3, 0.4) is 0 Å². The minimum atomic E-state index is -3.77. The number of alkyl halides is 2. The van der Waals surface area contributed by atoms with E-state index < -0.39 is 27.8 Å². The Labute approximate surface area is 244 Å². The molecule has 2 saturated heterocycles. The Morgan fingerprint density at radius 2 is 1.64 bits per heavy atom. The van der Waals surface area contributed by atoms with Crippen molar-refractivity contribution in [2.45, 2.75) is 63.5 Å². The van der Waals surface area contributed by atoms with Crippen molar-refractivity contribution in [2.24, 2.45) is 5.41 Å². The van der Waals surface area contributed by atoms with Gasteiger partial charge in [-0.2, -0.15) is 0 Å². The number of nitrogens with zero attached hydrogens (tertiary/aromatic N) is 7. The summed E-state index contributed by atoms with van der Waals surface area (Å²) in [7, 11) is -3.77. The molecule has 1 aliphatic carbocycles. The first-order chi connectivity index (χ1) is 20.0. The van der Waals surface area contributed by atoms with Gasteiger partial charge >= 0.3 is 0 Å². The first kappa shape index (κ1) is 28.7. The molecule has 3 fully saturated rings. The number of sulfonamides is 1. The number of hydrogen-bond donors (Lipinski definition) is 2. The summed E-state index contributed by atoms with van der Waals surface area (Å²) >= 11 is 0. The zero-order valence-corrected chi connectivity index (χ0v) is 24.6. The van der Waals surface area contributed by atoms with Gasteiger partial charge in [0.2, 0.25) is 16.0 Å². The lowest BCUT2D eigenvalue weighted by Gasteiger charge is -2.35. The van der Waals surface area contributed by atoms with Gasteiger partial charge < -0.3 is 14.9 Å². The summed E-state index contributed by atoms with van der Waals surface area (Å²) < 4.78 is 57.0. The van der Waals surface area contributed by atoms with Crippen LogP contribution in [0.25, 0.3) is 17.1 Å². The SMILES string of the molecule is Cc1cc(-c2cn(-c3ccc(NS(=O)(=O)[C@H](C)CO)cc3N3CCC4(CC3)CC4)nn2)nc(N2CCC(F)(F)CC2)n1. The molecule has 11 nitrogen and oxygen atoms in total. The van der Waals surface area contributed by atoms with E-state index in [2.05, 4.69) is 29.9 Å². The van der Waals surface area contributed by atoms with Gasteiger partial charge in [-0.3, -0.25) is 4.72 Å². The van der Waals surface area contributed by atoms with Gasteiger partial charge in [-0.05, 0) is 69.2 Å². The van der Waals surface area contributed by atoms with Gasteiger partial charge in [0.25, 0.3) is 5.92 Å². The highest BCUT2D eigenvalue weighted by Crippen LogP contribution is 2.54. The van der Waals surface area contributed by atoms with Crippen LogP contribution in [0.15, 0.2) is 30.5 Å². The fourth-order valence-electron chi connectivity index (χ4n) is 5.65. The molecular formula is C28H36F2N8O3S. The van der Waals surface area contributed by atoms with Gasteiger partial charge in [0, 0.05) is 44.7 Å². The van der Waals surface area contributed by atoms with Gasteiger partial charge in [-0.25, -0.2) is 31.8 Å². The second-order valence-corrected chi connectivity index (χ2v) is 14.0. The molecule has 1 aromatic carbocycles. The first-order valence-electron chi connectivity index (χ1n) is 14.4. The van der Waals surface area contributed by atoms with Crippen molar-refractivity contribution < 1.29 is 22.3 Å². The van der Waals surface area contributed by atoms with Gasteiger partial charge in [0.05, 0.1) is 35.6 Å². The number of aromatic nitrogens is 5. The van der Waals surface area contributed by atoms with Crippen molar-refractivity contribution in [3.63, 3.8) is 0 Å². The molecule has 42 heavy (non-hydrogen) atoms. The predicted molar refractivity (Wildman–Crippen MR) is 156 cm³/mol. The second-order valence-electron chi connectivity index (χ2n) is 11.9. The largest absolute Gasteiger partial charge is 0.395 e. The Hall–Kier alpha value is -3.39. The van der Waals surface area contributed by atoms with Crippen LogP contribution in [0.2, 0.25) is 0 Å². The summed E-state index contributed by atoms with van der Waals surface area (Å²) in [5.41, 5.74) is 4.17. The van der Waals surface area contributed by atoms with Gasteiger partial charge in [-0.15, -0.1) is 5.10 Å². The van der Waals surface area contributed by atoms with Crippen molar-refractivity contribution in [1.29, 1.82) is 0 Å². The van der Waals surface area contributed by atoms with E-state index in [-0.39, 0.29) is 25.9 Å². The second kappa shape index (κ2) is 10.7. The minimum absolute atomic E-state index is 0.177. The Morgan fingerprint density at radius 3 is 2.31 bits per heavy atom. The smallest absolute Gasteiger partial charge is 0.251 e. The summed E-state index contributed by atoms with van der Waals surface area (Å²) in [6.07, 6.45) is 5.98. The topological polar surface area (TPSA) is 129 Å². The molecule has 3 aromatic rings. The van der Waals surface area contributed by atoms with Crippen molar-refractivity contribution >= 4 is 27.3 Å². The summed E-state index contributed by atoms with van der Waals surface area (Å²) in [6.45, 7) is 4.85. The van der Waals surface area contributed by atoms with Crippen molar-refractivity contribution in [2.75, 3.05) is 47.3 Å². The highest BCUT2D eigenvalue weighted by Gasteiger charge is 2.44. The number of benzene rings is 1. The molecule has 2 aromatic heterocycles. The van der Waals surface area contributed by atoms with Crippen LogP contribution in [0.1, 0.15) is 51.1 Å². The molecule has 1 atom stereocenters.